The molecule has 6 aromatic rings. The topological polar surface area (TPSA) is 121 Å². The van der Waals surface area contributed by atoms with E-state index < -0.39 is 12.0 Å². The molecule has 0 spiro atoms. The number of aromatic nitrogens is 3. The van der Waals surface area contributed by atoms with Crippen molar-refractivity contribution >= 4 is 40.1 Å². The van der Waals surface area contributed by atoms with Crippen molar-refractivity contribution < 1.29 is 14.7 Å². The number of aliphatic carboxylic acids is 1. The first-order valence-electron chi connectivity index (χ1n) is 15.6. The molecule has 2 aromatic heterocycles. The Labute approximate surface area is 280 Å². The highest BCUT2D eigenvalue weighted by molar-refractivity contribution is 6.30. The second-order valence-corrected chi connectivity index (χ2v) is 12.0. The number of fused-ring (bicyclic) bond motifs is 1. The summed E-state index contributed by atoms with van der Waals surface area (Å²) in [6.07, 6.45) is 2.12. The summed E-state index contributed by atoms with van der Waals surface area (Å²) in [5.74, 6) is -1.32. The Morgan fingerprint density at radius 3 is 2.25 bits per heavy atom. The van der Waals surface area contributed by atoms with Gasteiger partial charge in [0.15, 0.2) is 0 Å². The van der Waals surface area contributed by atoms with E-state index in [1.165, 1.54) is 5.01 Å². The number of aromatic amines is 1. The van der Waals surface area contributed by atoms with E-state index in [1.54, 1.807) is 16.8 Å². The summed E-state index contributed by atoms with van der Waals surface area (Å²) >= 11 is 6.25. The van der Waals surface area contributed by atoms with Gasteiger partial charge in [0.2, 0.25) is 5.91 Å². The highest BCUT2D eigenvalue weighted by Gasteiger charge is 2.38. The Morgan fingerprint density at radius 1 is 0.833 bits per heavy atom. The van der Waals surface area contributed by atoms with Gasteiger partial charge in [0.25, 0.3) is 5.56 Å². The Kier molecular flexibility index (Phi) is 8.44. The average molecular weight is 656 g/mol. The molecule has 48 heavy (non-hydrogen) atoms. The lowest BCUT2D eigenvalue weighted by Crippen LogP contribution is -2.27. The molecule has 238 valence electrons. The Bertz CT molecular complexity index is 2230. The molecule has 7 rings (SSSR count). The molecule has 0 fully saturated rings. The van der Waals surface area contributed by atoms with Gasteiger partial charge in [-0.3, -0.25) is 14.4 Å². The van der Waals surface area contributed by atoms with Gasteiger partial charge in [0.1, 0.15) is 0 Å². The maximum Gasteiger partial charge on any atom is 0.303 e. The lowest BCUT2D eigenvalue weighted by molar-refractivity contribution is -0.137. The Morgan fingerprint density at radius 2 is 1.52 bits per heavy atom. The number of carbonyl (C=O) groups is 2. The third kappa shape index (κ3) is 6.03. The van der Waals surface area contributed by atoms with Gasteiger partial charge >= 0.3 is 5.97 Å². The third-order valence-corrected chi connectivity index (χ3v) is 8.71. The molecule has 3 heterocycles. The molecule has 0 saturated carbocycles. The van der Waals surface area contributed by atoms with Crippen LogP contribution < -0.4 is 5.56 Å². The Hall–Kier alpha value is -5.80. The van der Waals surface area contributed by atoms with Gasteiger partial charge < -0.3 is 10.1 Å². The number of carbonyl (C=O) groups excluding carboxylic acids is 1. The van der Waals surface area contributed by atoms with Crippen LogP contribution >= 0.6 is 11.6 Å². The number of carboxylic acids is 1. The van der Waals surface area contributed by atoms with E-state index >= 15 is 0 Å². The normalized spacial score (nSPS) is 14.3. The summed E-state index contributed by atoms with van der Waals surface area (Å²) in [7, 11) is 0. The van der Waals surface area contributed by atoms with Crippen LogP contribution in [0.2, 0.25) is 5.02 Å². The fraction of sp³-hybridized carbons (Fsp3) is 0.132. The predicted molar refractivity (Wildman–Crippen MR) is 186 cm³/mol. The first-order valence-corrected chi connectivity index (χ1v) is 16.0. The third-order valence-electron chi connectivity index (χ3n) is 8.46. The SMILES string of the molecule is O=C(O)CCCC(=O)N1N=C(c2c(-c3ccc(Cl)cc3)c3ccccc3[nH]c2=O)C[C@@H]1c1cn(-c2ccccc2)nc1-c1ccccc1. The molecule has 0 bridgehead atoms. The average Bonchev–Trinajstić information content (AvgIpc) is 3.74. The number of H-pyrrole nitrogens is 1. The van der Waals surface area contributed by atoms with Crippen LogP contribution in [0.1, 0.15) is 42.9 Å². The van der Waals surface area contributed by atoms with Crippen LogP contribution in [0.15, 0.2) is 125 Å². The number of rotatable bonds is 9. The van der Waals surface area contributed by atoms with Crippen LogP contribution in [0, 0.1) is 0 Å². The van der Waals surface area contributed by atoms with Gasteiger partial charge in [0, 0.05) is 58.1 Å². The molecule has 0 unspecified atom stereocenters. The number of halogens is 1. The zero-order valence-electron chi connectivity index (χ0n) is 25.7. The van der Waals surface area contributed by atoms with Crippen LogP contribution in [-0.4, -0.2) is 42.5 Å². The number of hydrogen-bond acceptors (Lipinski definition) is 5. The highest BCUT2D eigenvalue weighted by Crippen LogP contribution is 2.40. The van der Waals surface area contributed by atoms with Crippen LogP contribution in [0.5, 0.6) is 0 Å². The van der Waals surface area contributed by atoms with Gasteiger partial charge in [0.05, 0.1) is 28.7 Å². The quantitative estimate of drug-likeness (QED) is 0.166. The van der Waals surface area contributed by atoms with Crippen molar-refractivity contribution in [2.75, 3.05) is 0 Å². The van der Waals surface area contributed by atoms with Crippen molar-refractivity contribution in [1.29, 1.82) is 0 Å². The fourth-order valence-electron chi connectivity index (χ4n) is 6.24. The molecule has 1 atom stereocenters. The number of hydrogen-bond donors (Lipinski definition) is 2. The lowest BCUT2D eigenvalue weighted by atomic mass is 9.90. The lowest BCUT2D eigenvalue weighted by Gasteiger charge is -2.22. The van der Waals surface area contributed by atoms with Gasteiger partial charge in [-0.1, -0.05) is 90.5 Å². The molecule has 0 aliphatic carbocycles. The van der Waals surface area contributed by atoms with Gasteiger partial charge in [-0.15, -0.1) is 0 Å². The van der Waals surface area contributed by atoms with Crippen LogP contribution in [0.4, 0.5) is 0 Å². The van der Waals surface area contributed by atoms with Crippen molar-refractivity contribution in [2.45, 2.75) is 31.7 Å². The van der Waals surface area contributed by atoms with E-state index in [2.05, 4.69) is 4.98 Å². The van der Waals surface area contributed by atoms with Gasteiger partial charge in [-0.25, -0.2) is 9.69 Å². The second-order valence-electron chi connectivity index (χ2n) is 11.6. The first-order chi connectivity index (χ1) is 23.4. The van der Waals surface area contributed by atoms with E-state index in [9.17, 15) is 19.5 Å². The predicted octanol–water partition coefficient (Wildman–Crippen LogP) is 7.63. The molecular weight excluding hydrogens is 626 g/mol. The van der Waals surface area contributed by atoms with Crippen molar-refractivity contribution in [1.82, 2.24) is 19.8 Å². The van der Waals surface area contributed by atoms with E-state index in [0.29, 0.717) is 33.1 Å². The molecule has 1 aliphatic rings. The van der Waals surface area contributed by atoms with Gasteiger partial charge in [-0.2, -0.15) is 10.2 Å². The number of nitrogens with zero attached hydrogens (tertiary/aromatic N) is 4. The number of benzene rings is 4. The number of hydrazone groups is 1. The summed E-state index contributed by atoms with van der Waals surface area (Å²) in [6, 6.07) is 33.6. The van der Waals surface area contributed by atoms with Crippen LogP contribution in [0.3, 0.4) is 0 Å². The van der Waals surface area contributed by atoms with E-state index in [0.717, 1.165) is 27.8 Å². The molecule has 2 N–H and O–H groups in total. The summed E-state index contributed by atoms with van der Waals surface area (Å²) in [4.78, 5) is 42.2. The minimum Gasteiger partial charge on any atom is -0.481 e. The summed E-state index contributed by atoms with van der Waals surface area (Å²) < 4.78 is 1.78. The highest BCUT2D eigenvalue weighted by atomic mass is 35.5. The standard InChI is InChI=1S/C38H30ClN5O4/c39-26-20-18-24(19-21-26)35-28-14-7-8-15-30(28)40-38(48)36(35)31-22-32(44(41-31)33(45)16-9-17-34(46)47)29-23-43(27-12-5-2-6-13-27)42-37(29)25-10-3-1-4-11-25/h1-8,10-15,18-21,23,32H,9,16-17,22H2,(H,40,48)(H,46,47)/t32-/m1/s1. The van der Waals surface area contributed by atoms with E-state index in [4.69, 9.17) is 21.8 Å². The van der Waals surface area contributed by atoms with Crippen LogP contribution in [0.25, 0.3) is 39.0 Å². The minimum atomic E-state index is -0.976. The number of para-hydroxylation sites is 2. The maximum absolute atomic E-state index is 14.0. The number of nitrogens with one attached hydrogen (secondary N) is 1. The van der Waals surface area contributed by atoms with Crippen molar-refractivity contribution in [3.8, 4) is 28.1 Å². The number of amides is 1. The summed E-state index contributed by atoms with van der Waals surface area (Å²) in [6.45, 7) is 0. The van der Waals surface area contributed by atoms with Crippen LogP contribution in [-0.2, 0) is 9.59 Å². The number of pyridine rings is 1. The van der Waals surface area contributed by atoms with Gasteiger partial charge in [-0.05, 0) is 42.3 Å². The maximum atomic E-state index is 14.0. The molecule has 1 amide bonds. The largest absolute Gasteiger partial charge is 0.481 e. The zero-order chi connectivity index (χ0) is 33.2. The van der Waals surface area contributed by atoms with Crippen molar-refractivity contribution in [3.63, 3.8) is 0 Å². The first kappa shape index (κ1) is 30.8. The molecule has 0 saturated heterocycles. The fourth-order valence-corrected chi connectivity index (χ4v) is 6.36. The Balaban J connectivity index is 1.40. The summed E-state index contributed by atoms with van der Waals surface area (Å²) in [5, 5.41) is 21.9. The monoisotopic (exact) mass is 655 g/mol. The summed E-state index contributed by atoms with van der Waals surface area (Å²) in [5.41, 5.74) is 5.73. The second kappa shape index (κ2) is 13.1. The molecule has 9 nitrogen and oxygen atoms in total. The van der Waals surface area contributed by atoms with Crippen molar-refractivity contribution in [2.24, 2.45) is 5.10 Å². The molecule has 4 aromatic carbocycles. The molecular formula is C38H30ClN5O4. The van der Waals surface area contributed by atoms with E-state index in [1.807, 2.05) is 103 Å². The smallest absolute Gasteiger partial charge is 0.303 e. The number of carboxylic acid groups (broad SMARTS) is 1. The van der Waals surface area contributed by atoms with E-state index in [-0.39, 0.29) is 37.1 Å². The molecule has 1 aliphatic heterocycles. The zero-order valence-corrected chi connectivity index (χ0v) is 26.5. The molecule has 10 heteroatoms. The van der Waals surface area contributed by atoms with Crippen molar-refractivity contribution in [3.05, 3.63) is 142 Å². The minimum absolute atomic E-state index is 0.0226. The molecule has 0 radical (unpaired) electrons.